The molecule has 0 amide bonds. The van der Waals surface area contributed by atoms with Gasteiger partial charge in [-0.1, -0.05) is 121 Å². The molecule has 228 valence electrons. The second-order valence-corrected chi connectivity index (χ2v) is 12.8. The van der Waals surface area contributed by atoms with Crippen LogP contribution in [0, 0.1) is 0 Å². The lowest BCUT2D eigenvalue weighted by Gasteiger charge is -2.17. The van der Waals surface area contributed by atoms with Gasteiger partial charge in [0, 0.05) is 49.7 Å². The maximum atomic E-state index is 6.56. The van der Waals surface area contributed by atoms with E-state index in [0.29, 0.717) is 0 Å². The van der Waals surface area contributed by atoms with E-state index in [9.17, 15) is 0 Å². The Balaban J connectivity index is 1.16. The van der Waals surface area contributed by atoms with Gasteiger partial charge in [0.1, 0.15) is 27.9 Å². The van der Waals surface area contributed by atoms with Crippen LogP contribution in [0.3, 0.4) is 0 Å². The molecule has 0 radical (unpaired) electrons. The van der Waals surface area contributed by atoms with Gasteiger partial charge in [0.15, 0.2) is 0 Å². The molecule has 0 atom stereocenters. The number of hydrogen-bond acceptors (Lipinski definition) is 3. The molecule has 0 saturated carbocycles. The molecule has 8 aromatic carbocycles. The lowest BCUT2D eigenvalue weighted by atomic mass is 9.85. The van der Waals surface area contributed by atoms with Crippen molar-refractivity contribution in [3.63, 3.8) is 0 Å². The zero-order chi connectivity index (χ0) is 32.1. The Kier molecular flexibility index (Phi) is 5.38. The van der Waals surface area contributed by atoms with Crippen LogP contribution in [0.15, 0.2) is 171 Å². The van der Waals surface area contributed by atoms with E-state index < -0.39 is 0 Å². The predicted molar refractivity (Wildman–Crippen MR) is 202 cm³/mol. The normalized spacial score (nSPS) is 12.1. The van der Waals surface area contributed by atoms with Crippen molar-refractivity contribution in [3.8, 4) is 33.4 Å². The molecule has 49 heavy (non-hydrogen) atoms. The fourth-order valence-corrected chi connectivity index (χ4v) is 7.97. The van der Waals surface area contributed by atoms with E-state index in [1.165, 1.54) is 32.7 Å². The van der Waals surface area contributed by atoms with Gasteiger partial charge in [-0.05, 0) is 62.5 Å². The number of benzene rings is 8. The van der Waals surface area contributed by atoms with Crippen LogP contribution < -0.4 is 0 Å². The SMILES string of the molecule is c1ccc(-c2coc3cc4oc5cc(-c6c7ccccc7c(-c7cccc8c7oc7ccccc78)c7ccccc67)ccc5c4cc23)cc1. The second kappa shape index (κ2) is 9.96. The standard InChI is InChI=1S/C46H26O3/c1-2-11-27(12-3-1)39-26-47-41-25-43-37(24-38(39)41)30-22-21-28(23-42(30)48-43)44-31-14-4-6-16-33(31)45(34-17-7-5-15-32(34)44)36-19-10-18-35-29-13-8-9-20-40(29)49-46(35)36/h1-26H. The van der Waals surface area contributed by atoms with Crippen LogP contribution in [0.2, 0.25) is 0 Å². The molecule has 3 nitrogen and oxygen atoms in total. The molecule has 3 heterocycles. The summed E-state index contributed by atoms with van der Waals surface area (Å²) in [7, 11) is 0. The Hall–Kier alpha value is -6.58. The summed E-state index contributed by atoms with van der Waals surface area (Å²) in [4.78, 5) is 0. The summed E-state index contributed by atoms with van der Waals surface area (Å²) in [5.74, 6) is 0. The van der Waals surface area contributed by atoms with Crippen molar-refractivity contribution in [2.24, 2.45) is 0 Å². The van der Waals surface area contributed by atoms with Gasteiger partial charge in [0.05, 0.1) is 6.26 Å². The third kappa shape index (κ3) is 3.78. The van der Waals surface area contributed by atoms with Crippen LogP contribution in [0.5, 0.6) is 0 Å². The summed E-state index contributed by atoms with van der Waals surface area (Å²) in [5, 5.41) is 10.2. The van der Waals surface area contributed by atoms with Crippen molar-refractivity contribution < 1.29 is 13.3 Å². The van der Waals surface area contributed by atoms with E-state index in [4.69, 9.17) is 13.3 Å². The van der Waals surface area contributed by atoms with Crippen molar-refractivity contribution in [3.05, 3.63) is 158 Å². The van der Waals surface area contributed by atoms with Gasteiger partial charge in [0.2, 0.25) is 0 Å². The summed E-state index contributed by atoms with van der Waals surface area (Å²) >= 11 is 0. The Bertz CT molecular complexity index is 3040. The highest BCUT2D eigenvalue weighted by Gasteiger charge is 2.21. The average molecular weight is 627 g/mol. The molecule has 0 unspecified atom stereocenters. The first kappa shape index (κ1) is 26.5. The van der Waals surface area contributed by atoms with E-state index in [1.807, 2.05) is 30.5 Å². The molecule has 0 saturated heterocycles. The highest BCUT2D eigenvalue weighted by Crippen LogP contribution is 2.47. The summed E-state index contributed by atoms with van der Waals surface area (Å²) in [5.41, 5.74) is 11.1. The van der Waals surface area contributed by atoms with Gasteiger partial charge < -0.3 is 13.3 Å². The van der Waals surface area contributed by atoms with Gasteiger partial charge in [-0.3, -0.25) is 0 Å². The van der Waals surface area contributed by atoms with Crippen molar-refractivity contribution in [2.75, 3.05) is 0 Å². The van der Waals surface area contributed by atoms with Gasteiger partial charge in [-0.25, -0.2) is 0 Å². The van der Waals surface area contributed by atoms with Gasteiger partial charge in [0.25, 0.3) is 0 Å². The predicted octanol–water partition coefficient (Wildman–Crippen LogP) is 13.5. The number of hydrogen-bond donors (Lipinski definition) is 0. The Morgan fingerprint density at radius 3 is 1.71 bits per heavy atom. The number of para-hydroxylation sites is 2. The molecule has 0 N–H and O–H groups in total. The van der Waals surface area contributed by atoms with Gasteiger partial charge >= 0.3 is 0 Å². The van der Waals surface area contributed by atoms with Crippen molar-refractivity contribution in [2.45, 2.75) is 0 Å². The lowest BCUT2D eigenvalue weighted by molar-refractivity contribution is 0.614. The quantitative estimate of drug-likeness (QED) is 0.183. The summed E-state index contributed by atoms with van der Waals surface area (Å²) in [6.45, 7) is 0. The summed E-state index contributed by atoms with van der Waals surface area (Å²) in [6, 6.07) is 53.5. The smallest absolute Gasteiger partial charge is 0.143 e. The maximum absolute atomic E-state index is 6.56. The highest BCUT2D eigenvalue weighted by molar-refractivity contribution is 6.24. The topological polar surface area (TPSA) is 39.4 Å². The van der Waals surface area contributed by atoms with E-state index in [0.717, 1.165) is 77.1 Å². The molecule has 11 rings (SSSR count). The minimum absolute atomic E-state index is 0.817. The van der Waals surface area contributed by atoms with Crippen LogP contribution in [0.1, 0.15) is 0 Å². The number of rotatable bonds is 3. The highest BCUT2D eigenvalue weighted by atomic mass is 16.3. The molecule has 3 heteroatoms. The zero-order valence-corrected chi connectivity index (χ0v) is 26.2. The van der Waals surface area contributed by atoms with Crippen LogP contribution >= 0.6 is 0 Å². The molecule has 11 aromatic rings. The van der Waals surface area contributed by atoms with Crippen molar-refractivity contribution in [1.82, 2.24) is 0 Å². The summed E-state index contributed by atoms with van der Waals surface area (Å²) < 4.78 is 19.1. The molecule has 3 aromatic heterocycles. The Morgan fingerprint density at radius 2 is 0.939 bits per heavy atom. The molecule has 0 aliphatic rings. The van der Waals surface area contributed by atoms with Crippen LogP contribution in [0.4, 0.5) is 0 Å². The fraction of sp³-hybridized carbons (Fsp3) is 0. The molecular formula is C46H26O3. The Morgan fingerprint density at radius 1 is 0.306 bits per heavy atom. The van der Waals surface area contributed by atoms with E-state index in [2.05, 4.69) is 127 Å². The largest absolute Gasteiger partial charge is 0.464 e. The molecule has 0 aliphatic heterocycles. The minimum Gasteiger partial charge on any atom is -0.464 e. The molecule has 0 aliphatic carbocycles. The first-order chi connectivity index (χ1) is 24.3. The minimum atomic E-state index is 0.817. The van der Waals surface area contributed by atoms with Gasteiger partial charge in [-0.2, -0.15) is 0 Å². The molecule has 0 bridgehead atoms. The molecular weight excluding hydrogens is 601 g/mol. The molecule has 0 fully saturated rings. The van der Waals surface area contributed by atoms with Crippen LogP contribution in [-0.4, -0.2) is 0 Å². The maximum Gasteiger partial charge on any atom is 0.143 e. The van der Waals surface area contributed by atoms with Crippen LogP contribution in [-0.2, 0) is 0 Å². The lowest BCUT2D eigenvalue weighted by Crippen LogP contribution is -1.91. The molecule has 0 spiro atoms. The first-order valence-electron chi connectivity index (χ1n) is 16.6. The third-order valence-corrected chi connectivity index (χ3v) is 10.1. The van der Waals surface area contributed by atoms with Crippen molar-refractivity contribution in [1.29, 1.82) is 0 Å². The first-order valence-corrected chi connectivity index (χ1v) is 16.6. The number of furan rings is 3. The fourth-order valence-electron chi connectivity index (χ4n) is 7.97. The van der Waals surface area contributed by atoms with E-state index in [1.54, 1.807) is 0 Å². The zero-order valence-electron chi connectivity index (χ0n) is 26.2. The number of fused-ring (bicyclic) bond motifs is 9. The Labute approximate surface area is 280 Å². The summed E-state index contributed by atoms with van der Waals surface area (Å²) in [6.07, 6.45) is 1.84. The van der Waals surface area contributed by atoms with Crippen molar-refractivity contribution >= 4 is 76.4 Å². The van der Waals surface area contributed by atoms with E-state index >= 15 is 0 Å². The third-order valence-electron chi connectivity index (χ3n) is 10.1. The van der Waals surface area contributed by atoms with Gasteiger partial charge in [-0.15, -0.1) is 0 Å². The average Bonchev–Trinajstić information content (AvgIpc) is 3.86. The monoisotopic (exact) mass is 626 g/mol. The van der Waals surface area contributed by atoms with E-state index in [-0.39, 0.29) is 0 Å². The second-order valence-electron chi connectivity index (χ2n) is 12.8. The van der Waals surface area contributed by atoms with Crippen LogP contribution in [0.25, 0.3) is 110 Å².